The summed E-state index contributed by atoms with van der Waals surface area (Å²) in [5.41, 5.74) is 1.57. The Kier molecular flexibility index (Phi) is 5.52. The maximum Gasteiger partial charge on any atom is 0.416 e. The molecule has 0 N–H and O–H groups in total. The molecule has 3 nitrogen and oxygen atoms in total. The molecule has 0 saturated carbocycles. The number of furan rings is 1. The van der Waals surface area contributed by atoms with Crippen LogP contribution in [-0.2, 0) is 6.18 Å². The number of thiazole rings is 1. The quantitative estimate of drug-likeness (QED) is 0.247. The Bertz CT molecular complexity index is 1570. The predicted molar refractivity (Wildman–Crippen MR) is 128 cm³/mol. The summed E-state index contributed by atoms with van der Waals surface area (Å²) in [6, 6.07) is 24.4. The van der Waals surface area contributed by atoms with E-state index in [-0.39, 0.29) is 5.76 Å². The predicted octanol–water partition coefficient (Wildman–Crippen LogP) is 8.31. The van der Waals surface area contributed by atoms with Crippen LogP contribution in [0.1, 0.15) is 16.3 Å². The zero-order chi connectivity index (χ0) is 23.7. The number of aromatic nitrogens is 1. The lowest BCUT2D eigenvalue weighted by molar-refractivity contribution is -0.137. The molecular weight excluding hydrogens is 457 g/mol. The van der Waals surface area contributed by atoms with Crippen molar-refractivity contribution in [2.75, 3.05) is 0 Å². The molecule has 0 aliphatic rings. The summed E-state index contributed by atoms with van der Waals surface area (Å²) in [5.74, 6) is 0.636. The van der Waals surface area contributed by atoms with Crippen molar-refractivity contribution in [3.8, 4) is 28.7 Å². The van der Waals surface area contributed by atoms with Gasteiger partial charge in [0.05, 0.1) is 16.8 Å². The third-order valence-electron chi connectivity index (χ3n) is 5.29. The minimum atomic E-state index is -4.44. The van der Waals surface area contributed by atoms with Crippen molar-refractivity contribution < 1.29 is 17.6 Å². The number of hydrogen-bond donors (Lipinski definition) is 0. The van der Waals surface area contributed by atoms with Gasteiger partial charge in [-0.15, -0.1) is 11.3 Å². The van der Waals surface area contributed by atoms with Gasteiger partial charge in [0.2, 0.25) is 0 Å². The number of fused-ring (bicyclic) bond motifs is 1. The minimum Gasteiger partial charge on any atom is -0.457 e. The van der Waals surface area contributed by atoms with Gasteiger partial charge in [-0.05, 0) is 41.1 Å². The average Bonchev–Trinajstić information content (AvgIpc) is 3.52. The first-order valence-electron chi connectivity index (χ1n) is 10.2. The third kappa shape index (κ3) is 4.36. The van der Waals surface area contributed by atoms with E-state index in [4.69, 9.17) is 4.42 Å². The van der Waals surface area contributed by atoms with Crippen molar-refractivity contribution in [3.63, 3.8) is 0 Å². The summed E-state index contributed by atoms with van der Waals surface area (Å²) in [6.45, 7) is 0. The van der Waals surface area contributed by atoms with Gasteiger partial charge >= 0.3 is 6.18 Å². The van der Waals surface area contributed by atoms with Gasteiger partial charge in [-0.25, -0.2) is 4.98 Å². The zero-order valence-corrected chi connectivity index (χ0v) is 18.3. The van der Waals surface area contributed by atoms with E-state index in [2.05, 4.69) is 17.1 Å². The largest absolute Gasteiger partial charge is 0.457 e. The number of benzene rings is 3. The van der Waals surface area contributed by atoms with Gasteiger partial charge in [0, 0.05) is 22.6 Å². The van der Waals surface area contributed by atoms with Crippen LogP contribution in [0.15, 0.2) is 88.7 Å². The second kappa shape index (κ2) is 8.65. The minimum absolute atomic E-state index is 0.283. The summed E-state index contributed by atoms with van der Waals surface area (Å²) < 4.78 is 44.8. The fraction of sp³-hybridized carbons (Fsp3) is 0.0370. The lowest BCUT2D eigenvalue weighted by Gasteiger charge is -2.07. The van der Waals surface area contributed by atoms with E-state index in [1.54, 1.807) is 24.3 Å². The Morgan fingerprint density at radius 1 is 0.912 bits per heavy atom. The molecule has 5 rings (SSSR count). The number of alkyl halides is 3. The van der Waals surface area contributed by atoms with Crippen LogP contribution in [0.5, 0.6) is 0 Å². The number of hydrogen-bond acceptors (Lipinski definition) is 4. The molecule has 0 bridgehead atoms. The maximum atomic E-state index is 13.0. The molecule has 0 saturated heterocycles. The monoisotopic (exact) mass is 472 g/mol. The van der Waals surface area contributed by atoms with E-state index in [0.29, 0.717) is 21.9 Å². The van der Waals surface area contributed by atoms with Crippen LogP contribution in [0.4, 0.5) is 13.2 Å². The second-order valence-electron chi connectivity index (χ2n) is 7.55. The van der Waals surface area contributed by atoms with Gasteiger partial charge in [0.1, 0.15) is 22.6 Å². The SMILES string of the molecule is N#C/C(=C\c1ccc(-c2cccc(C(F)(F)F)c2)o1)c1nc(-c2ccc3ccccc3c2)cs1. The van der Waals surface area contributed by atoms with E-state index in [9.17, 15) is 18.4 Å². The molecule has 2 aromatic heterocycles. The molecule has 0 aliphatic carbocycles. The lowest BCUT2D eigenvalue weighted by Crippen LogP contribution is -2.04. The molecule has 0 aliphatic heterocycles. The van der Waals surface area contributed by atoms with Crippen LogP contribution >= 0.6 is 11.3 Å². The van der Waals surface area contributed by atoms with Crippen LogP contribution in [0.2, 0.25) is 0 Å². The molecule has 0 fully saturated rings. The molecule has 0 radical (unpaired) electrons. The van der Waals surface area contributed by atoms with Gasteiger partial charge < -0.3 is 4.42 Å². The molecule has 0 unspecified atom stereocenters. The van der Waals surface area contributed by atoms with Crippen LogP contribution in [0, 0.1) is 11.3 Å². The average molecular weight is 472 g/mol. The van der Waals surface area contributed by atoms with Crippen molar-refractivity contribution in [1.29, 1.82) is 5.26 Å². The van der Waals surface area contributed by atoms with Gasteiger partial charge in [-0.1, -0.05) is 48.5 Å². The molecule has 2 heterocycles. The summed E-state index contributed by atoms with van der Waals surface area (Å²) in [6.07, 6.45) is -2.90. The van der Waals surface area contributed by atoms with E-state index >= 15 is 0 Å². The number of nitrogens with zero attached hydrogens (tertiary/aromatic N) is 2. The van der Waals surface area contributed by atoms with Crippen LogP contribution < -0.4 is 0 Å². The lowest BCUT2D eigenvalue weighted by atomic mass is 10.1. The first-order chi connectivity index (χ1) is 16.4. The smallest absolute Gasteiger partial charge is 0.416 e. The summed E-state index contributed by atoms with van der Waals surface area (Å²) in [5, 5.41) is 14.3. The van der Waals surface area contributed by atoms with Gasteiger partial charge in [-0.2, -0.15) is 18.4 Å². The highest BCUT2D eigenvalue weighted by Gasteiger charge is 2.30. The number of rotatable bonds is 4. The van der Waals surface area contributed by atoms with Gasteiger partial charge in [0.25, 0.3) is 0 Å². The van der Waals surface area contributed by atoms with Gasteiger partial charge in [-0.3, -0.25) is 0 Å². The second-order valence-corrected chi connectivity index (χ2v) is 8.41. The number of nitriles is 1. The molecule has 0 spiro atoms. The molecule has 34 heavy (non-hydrogen) atoms. The van der Waals surface area contributed by atoms with E-state index in [1.165, 1.54) is 17.4 Å². The van der Waals surface area contributed by atoms with E-state index in [1.807, 2.05) is 41.8 Å². The van der Waals surface area contributed by atoms with Crippen molar-refractivity contribution >= 4 is 33.8 Å². The molecule has 0 atom stereocenters. The van der Waals surface area contributed by atoms with Crippen LogP contribution in [0.25, 0.3) is 45.0 Å². The summed E-state index contributed by atoms with van der Waals surface area (Å²) in [4.78, 5) is 4.62. The first kappa shape index (κ1) is 21.7. The molecule has 166 valence electrons. The molecule has 7 heteroatoms. The van der Waals surface area contributed by atoms with Crippen molar-refractivity contribution in [2.45, 2.75) is 6.18 Å². The van der Waals surface area contributed by atoms with Crippen molar-refractivity contribution in [2.24, 2.45) is 0 Å². The number of allylic oxidation sites excluding steroid dienone is 1. The Balaban J connectivity index is 1.43. The normalized spacial score (nSPS) is 12.1. The topological polar surface area (TPSA) is 49.8 Å². The molecular formula is C27H15F3N2OS. The zero-order valence-electron chi connectivity index (χ0n) is 17.5. The summed E-state index contributed by atoms with van der Waals surface area (Å²) >= 11 is 1.34. The highest BCUT2D eigenvalue weighted by atomic mass is 32.1. The van der Waals surface area contributed by atoms with Crippen molar-refractivity contribution in [3.05, 3.63) is 101 Å². The van der Waals surface area contributed by atoms with E-state index < -0.39 is 11.7 Å². The Hall–Kier alpha value is -4.15. The maximum absolute atomic E-state index is 13.0. The fourth-order valence-corrected chi connectivity index (χ4v) is 4.39. The Labute approximate surface area is 197 Å². The highest BCUT2D eigenvalue weighted by Crippen LogP contribution is 2.34. The Morgan fingerprint density at radius 2 is 1.74 bits per heavy atom. The van der Waals surface area contributed by atoms with Gasteiger partial charge in [0.15, 0.2) is 0 Å². The highest BCUT2D eigenvalue weighted by molar-refractivity contribution is 7.11. The van der Waals surface area contributed by atoms with Crippen molar-refractivity contribution in [1.82, 2.24) is 4.98 Å². The molecule has 3 aromatic carbocycles. The molecule has 5 aromatic rings. The van der Waals surface area contributed by atoms with E-state index in [0.717, 1.165) is 34.2 Å². The third-order valence-corrected chi connectivity index (χ3v) is 6.16. The fourth-order valence-electron chi connectivity index (χ4n) is 3.60. The molecule has 0 amide bonds. The number of halogens is 3. The van der Waals surface area contributed by atoms with Crippen LogP contribution in [-0.4, -0.2) is 4.98 Å². The summed E-state index contributed by atoms with van der Waals surface area (Å²) in [7, 11) is 0. The Morgan fingerprint density at radius 3 is 2.53 bits per heavy atom. The van der Waals surface area contributed by atoms with Crippen LogP contribution in [0.3, 0.4) is 0 Å². The first-order valence-corrected chi connectivity index (χ1v) is 11.1. The standard InChI is InChI=1S/C27H15F3N2OS/c28-27(29,30)22-7-3-6-20(13-22)25-11-10-23(33-25)14-21(15-31)26-32-24(16-34-26)19-9-8-17-4-1-2-5-18(17)12-19/h1-14,16H/b21-14+.